The van der Waals surface area contributed by atoms with Gasteiger partial charge in [0.05, 0.1) is 0 Å². The van der Waals surface area contributed by atoms with Crippen molar-refractivity contribution in [2.75, 3.05) is 32.0 Å². The van der Waals surface area contributed by atoms with E-state index in [1.54, 1.807) is 42.2 Å². The number of fused-ring (bicyclic) bond motifs is 1. The van der Waals surface area contributed by atoms with E-state index in [0.29, 0.717) is 40.0 Å². The first-order chi connectivity index (χ1) is 21.8. The predicted molar refractivity (Wildman–Crippen MR) is 182 cm³/mol. The molecule has 0 atom stereocenters. The molecule has 0 radical (unpaired) electrons. The second-order valence-corrected chi connectivity index (χ2v) is 11.1. The fourth-order valence-corrected chi connectivity index (χ4v) is 5.69. The van der Waals surface area contributed by atoms with Gasteiger partial charge in [0.1, 0.15) is 11.3 Å². The molecule has 2 aromatic carbocycles. The summed E-state index contributed by atoms with van der Waals surface area (Å²) in [6.07, 6.45) is 5.46. The van der Waals surface area contributed by atoms with Crippen molar-refractivity contribution in [3.8, 4) is 22.3 Å². The molecule has 0 spiro atoms. The van der Waals surface area contributed by atoms with Crippen LogP contribution < -0.4 is 16.2 Å². The SMILES string of the molecule is CCN(CC)CCCc1ccc(Nc2ncc3cc(-c4ccc(-c5ccnc(C(=O)NC)c5)cc4Cl)c(=O)n(CC)c3n2)cc1. The van der Waals surface area contributed by atoms with Crippen molar-refractivity contribution in [2.45, 2.75) is 40.2 Å². The molecule has 0 bridgehead atoms. The maximum Gasteiger partial charge on any atom is 0.269 e. The second-order valence-electron chi connectivity index (χ2n) is 10.7. The van der Waals surface area contributed by atoms with Gasteiger partial charge in [0, 0.05) is 53.2 Å². The summed E-state index contributed by atoms with van der Waals surface area (Å²) in [5, 5.41) is 7.01. The van der Waals surface area contributed by atoms with E-state index in [2.05, 4.69) is 51.5 Å². The minimum atomic E-state index is -0.272. The Hall–Kier alpha value is -4.60. The van der Waals surface area contributed by atoms with Crippen molar-refractivity contribution in [1.29, 1.82) is 0 Å². The standard InChI is InChI=1S/C35H38ClN7O2/c1-5-42(6-2)18-8-9-23-10-13-27(14-11-23)40-35-39-22-26-19-29(34(45)43(7-3)32(26)41-35)28-15-12-24(20-30(28)36)25-16-17-38-31(21-25)33(44)37-4/h10-17,19-22H,5-9,18H2,1-4H3,(H,37,44)(H,39,40,41). The molecule has 45 heavy (non-hydrogen) atoms. The molecule has 0 aliphatic carbocycles. The van der Waals surface area contributed by atoms with Gasteiger partial charge in [0.25, 0.3) is 11.5 Å². The number of nitrogens with one attached hydrogen (secondary N) is 2. The van der Waals surface area contributed by atoms with Gasteiger partial charge in [-0.15, -0.1) is 0 Å². The van der Waals surface area contributed by atoms with Crippen LogP contribution >= 0.6 is 11.6 Å². The highest BCUT2D eigenvalue weighted by atomic mass is 35.5. The Morgan fingerprint density at radius 3 is 2.38 bits per heavy atom. The average Bonchev–Trinajstić information content (AvgIpc) is 3.07. The number of rotatable bonds is 12. The molecule has 232 valence electrons. The summed E-state index contributed by atoms with van der Waals surface area (Å²) in [4.78, 5) is 41.6. The van der Waals surface area contributed by atoms with Crippen molar-refractivity contribution < 1.29 is 4.79 Å². The Labute approximate surface area is 268 Å². The highest BCUT2D eigenvalue weighted by Gasteiger charge is 2.16. The summed E-state index contributed by atoms with van der Waals surface area (Å²) < 4.78 is 1.64. The number of aryl methyl sites for hydroxylation is 2. The van der Waals surface area contributed by atoms with Crippen molar-refractivity contribution in [2.24, 2.45) is 0 Å². The number of hydrogen-bond donors (Lipinski definition) is 2. The molecule has 10 heteroatoms. The summed E-state index contributed by atoms with van der Waals surface area (Å²) >= 11 is 6.76. The molecule has 5 aromatic rings. The monoisotopic (exact) mass is 623 g/mol. The molecule has 3 heterocycles. The molecule has 0 aliphatic rings. The Morgan fingerprint density at radius 2 is 1.69 bits per heavy atom. The highest BCUT2D eigenvalue weighted by molar-refractivity contribution is 6.33. The predicted octanol–water partition coefficient (Wildman–Crippen LogP) is 6.57. The smallest absolute Gasteiger partial charge is 0.269 e. The molecule has 0 aliphatic heterocycles. The van der Waals surface area contributed by atoms with Crippen LogP contribution in [0.1, 0.15) is 43.2 Å². The number of benzene rings is 2. The first-order valence-electron chi connectivity index (χ1n) is 15.3. The quantitative estimate of drug-likeness (QED) is 0.162. The van der Waals surface area contributed by atoms with Crippen molar-refractivity contribution >= 4 is 40.2 Å². The minimum Gasteiger partial charge on any atom is -0.354 e. The van der Waals surface area contributed by atoms with Gasteiger partial charge in [-0.1, -0.05) is 49.7 Å². The molecule has 9 nitrogen and oxygen atoms in total. The van der Waals surface area contributed by atoms with Crippen LogP contribution in [0.3, 0.4) is 0 Å². The number of anilines is 2. The van der Waals surface area contributed by atoms with Gasteiger partial charge >= 0.3 is 0 Å². The van der Waals surface area contributed by atoms with E-state index in [1.165, 1.54) is 5.56 Å². The minimum absolute atomic E-state index is 0.191. The number of pyridine rings is 2. The van der Waals surface area contributed by atoms with Gasteiger partial charge < -0.3 is 15.5 Å². The number of halogens is 1. The van der Waals surface area contributed by atoms with E-state index < -0.39 is 0 Å². The summed E-state index contributed by atoms with van der Waals surface area (Å²) in [6.45, 7) is 9.99. The number of aromatic nitrogens is 4. The van der Waals surface area contributed by atoms with Gasteiger partial charge in [-0.2, -0.15) is 4.98 Å². The highest BCUT2D eigenvalue weighted by Crippen LogP contribution is 2.32. The zero-order valence-electron chi connectivity index (χ0n) is 26.1. The summed E-state index contributed by atoms with van der Waals surface area (Å²) in [5.41, 5.74) is 5.50. The Bertz CT molecular complexity index is 1870. The van der Waals surface area contributed by atoms with Gasteiger partial charge in [-0.3, -0.25) is 19.1 Å². The molecular formula is C35H38ClN7O2. The zero-order chi connectivity index (χ0) is 31.9. The fourth-order valence-electron chi connectivity index (χ4n) is 5.41. The van der Waals surface area contributed by atoms with Crippen LogP contribution in [0.25, 0.3) is 33.3 Å². The van der Waals surface area contributed by atoms with Gasteiger partial charge in [-0.05, 0) is 92.5 Å². The largest absolute Gasteiger partial charge is 0.354 e. The van der Waals surface area contributed by atoms with Crippen molar-refractivity contribution in [3.05, 3.63) is 99.7 Å². The summed E-state index contributed by atoms with van der Waals surface area (Å²) in [5.74, 6) is 0.146. The summed E-state index contributed by atoms with van der Waals surface area (Å²) in [7, 11) is 1.56. The van der Waals surface area contributed by atoms with Crippen LogP contribution in [0.5, 0.6) is 0 Å². The lowest BCUT2D eigenvalue weighted by atomic mass is 10.0. The normalized spacial score (nSPS) is 11.2. The maximum absolute atomic E-state index is 13.7. The van der Waals surface area contributed by atoms with Crippen LogP contribution in [0.2, 0.25) is 5.02 Å². The second kappa shape index (κ2) is 14.5. The van der Waals surface area contributed by atoms with E-state index in [9.17, 15) is 9.59 Å². The van der Waals surface area contributed by atoms with Gasteiger partial charge in [0.15, 0.2) is 0 Å². The molecule has 3 aromatic heterocycles. The fraction of sp³-hybridized carbons (Fsp3) is 0.286. The lowest BCUT2D eigenvalue weighted by Crippen LogP contribution is -2.24. The maximum atomic E-state index is 13.7. The van der Waals surface area contributed by atoms with E-state index in [1.807, 2.05) is 37.3 Å². The molecule has 0 saturated heterocycles. The molecule has 0 unspecified atom stereocenters. The van der Waals surface area contributed by atoms with Crippen LogP contribution in [0, 0.1) is 0 Å². The number of nitrogens with zero attached hydrogens (tertiary/aromatic N) is 5. The van der Waals surface area contributed by atoms with Crippen molar-refractivity contribution in [1.82, 2.24) is 29.7 Å². The number of carbonyl (C=O) groups is 1. The van der Waals surface area contributed by atoms with Gasteiger partial charge in [-0.25, -0.2) is 4.98 Å². The molecule has 2 N–H and O–H groups in total. The van der Waals surface area contributed by atoms with Gasteiger partial charge in [0.2, 0.25) is 5.95 Å². The first kappa shape index (κ1) is 31.8. The van der Waals surface area contributed by atoms with E-state index in [0.717, 1.165) is 54.7 Å². The topological polar surface area (TPSA) is 105 Å². The van der Waals surface area contributed by atoms with E-state index in [4.69, 9.17) is 16.6 Å². The van der Waals surface area contributed by atoms with Crippen LogP contribution in [0.4, 0.5) is 11.6 Å². The number of hydrogen-bond acceptors (Lipinski definition) is 7. The lowest BCUT2D eigenvalue weighted by molar-refractivity contribution is 0.0958. The van der Waals surface area contributed by atoms with Crippen LogP contribution in [-0.2, 0) is 13.0 Å². The van der Waals surface area contributed by atoms with E-state index >= 15 is 0 Å². The molecule has 1 amide bonds. The third-order valence-electron chi connectivity index (χ3n) is 8.00. The third-order valence-corrected chi connectivity index (χ3v) is 8.31. The molecule has 5 rings (SSSR count). The first-order valence-corrected chi connectivity index (χ1v) is 15.7. The van der Waals surface area contributed by atoms with Crippen molar-refractivity contribution in [3.63, 3.8) is 0 Å². The number of amides is 1. The van der Waals surface area contributed by atoms with Crippen LogP contribution in [-0.4, -0.2) is 57.0 Å². The lowest BCUT2D eigenvalue weighted by Gasteiger charge is -2.17. The van der Waals surface area contributed by atoms with Crippen LogP contribution in [0.15, 0.2) is 77.9 Å². The molecule has 0 saturated carbocycles. The average molecular weight is 624 g/mol. The molecular weight excluding hydrogens is 586 g/mol. The van der Waals surface area contributed by atoms with E-state index in [-0.39, 0.29) is 11.5 Å². The summed E-state index contributed by atoms with van der Waals surface area (Å²) in [6, 6.07) is 19.1. The Kier molecular flexibility index (Phi) is 10.2. The Balaban J connectivity index is 1.38. The zero-order valence-corrected chi connectivity index (χ0v) is 26.9. The third kappa shape index (κ3) is 7.21. The number of carbonyl (C=O) groups excluding carboxylic acids is 1. The molecule has 0 fully saturated rings. The Morgan fingerprint density at radius 1 is 0.933 bits per heavy atom.